The minimum Gasteiger partial charge on any atom is -0.494 e. The van der Waals surface area contributed by atoms with Crippen LogP contribution in [0.25, 0.3) is 0 Å². The zero-order valence-corrected chi connectivity index (χ0v) is 15.3. The topological polar surface area (TPSA) is 105 Å². The number of aryl methyl sites for hydroxylation is 1. The Morgan fingerprint density at radius 2 is 1.93 bits per heavy atom. The molecule has 1 heterocycles. The molecule has 2 aromatic carbocycles. The summed E-state index contributed by atoms with van der Waals surface area (Å²) in [4.78, 5) is 34.9. The van der Waals surface area contributed by atoms with Gasteiger partial charge in [-0.05, 0) is 42.2 Å². The maximum atomic E-state index is 12.1. The Morgan fingerprint density at radius 3 is 2.68 bits per heavy atom. The third-order valence-electron chi connectivity index (χ3n) is 4.47. The van der Waals surface area contributed by atoms with E-state index in [1.54, 1.807) is 36.4 Å². The van der Waals surface area contributed by atoms with Gasteiger partial charge in [-0.15, -0.1) is 0 Å². The van der Waals surface area contributed by atoms with Crippen molar-refractivity contribution < 1.29 is 24.2 Å². The molecule has 2 aromatic rings. The van der Waals surface area contributed by atoms with Crippen LogP contribution in [0.3, 0.4) is 0 Å². The summed E-state index contributed by atoms with van der Waals surface area (Å²) in [5, 5.41) is 14.7. The molecule has 0 saturated carbocycles. The second kappa shape index (κ2) is 9.03. The first kappa shape index (κ1) is 19.4. The van der Waals surface area contributed by atoms with E-state index >= 15 is 0 Å². The van der Waals surface area contributed by atoms with Crippen molar-refractivity contribution in [3.63, 3.8) is 0 Å². The molecule has 0 fully saturated rings. The van der Waals surface area contributed by atoms with Crippen molar-refractivity contribution in [3.05, 3.63) is 59.7 Å². The van der Waals surface area contributed by atoms with Gasteiger partial charge in [0.2, 0.25) is 11.8 Å². The smallest absolute Gasteiger partial charge is 0.330 e. The molecule has 0 saturated heterocycles. The zero-order chi connectivity index (χ0) is 19.9. The molecule has 0 spiro atoms. The molecule has 7 heteroatoms. The van der Waals surface area contributed by atoms with Gasteiger partial charge in [-0.3, -0.25) is 9.59 Å². The first-order chi connectivity index (χ1) is 13.5. The molecule has 1 aliphatic rings. The number of aliphatic carboxylic acids is 1. The van der Waals surface area contributed by atoms with E-state index in [4.69, 9.17) is 4.74 Å². The Labute approximate surface area is 162 Å². The molecule has 1 aliphatic heterocycles. The summed E-state index contributed by atoms with van der Waals surface area (Å²) in [5.41, 5.74) is 2.37. The molecule has 146 valence electrons. The molecule has 0 aliphatic carbocycles. The van der Waals surface area contributed by atoms with Crippen LogP contribution in [0.4, 0.5) is 5.69 Å². The highest BCUT2D eigenvalue weighted by molar-refractivity contribution is 5.94. The zero-order valence-electron chi connectivity index (χ0n) is 15.3. The lowest BCUT2D eigenvalue weighted by molar-refractivity contribution is -0.142. The van der Waals surface area contributed by atoms with E-state index in [0.717, 1.165) is 11.3 Å². The van der Waals surface area contributed by atoms with Crippen LogP contribution in [0.5, 0.6) is 5.75 Å². The molecular formula is C21H22N2O5. The van der Waals surface area contributed by atoms with Gasteiger partial charge < -0.3 is 20.5 Å². The summed E-state index contributed by atoms with van der Waals surface area (Å²) in [5.74, 6) is -0.740. The number of rotatable bonds is 8. The summed E-state index contributed by atoms with van der Waals surface area (Å²) in [7, 11) is 0. The first-order valence-corrected chi connectivity index (χ1v) is 9.15. The van der Waals surface area contributed by atoms with Crippen molar-refractivity contribution in [2.75, 3.05) is 11.9 Å². The van der Waals surface area contributed by atoms with Crippen LogP contribution in [-0.4, -0.2) is 29.5 Å². The van der Waals surface area contributed by atoms with E-state index in [2.05, 4.69) is 10.6 Å². The lowest BCUT2D eigenvalue weighted by Gasteiger charge is -2.18. The molecule has 1 atom stereocenters. The van der Waals surface area contributed by atoms with Crippen LogP contribution in [0.1, 0.15) is 36.4 Å². The third kappa shape index (κ3) is 5.09. The van der Waals surface area contributed by atoms with Crippen LogP contribution in [0, 0.1) is 0 Å². The molecule has 0 unspecified atom stereocenters. The molecule has 3 rings (SSSR count). The number of hydrogen-bond acceptors (Lipinski definition) is 4. The number of carboxylic acids is 1. The van der Waals surface area contributed by atoms with Gasteiger partial charge in [0.05, 0.1) is 6.61 Å². The number of nitrogens with one attached hydrogen (secondary N) is 2. The van der Waals surface area contributed by atoms with Crippen LogP contribution < -0.4 is 15.4 Å². The van der Waals surface area contributed by atoms with Crippen LogP contribution in [0.15, 0.2) is 48.5 Å². The van der Waals surface area contributed by atoms with E-state index in [9.17, 15) is 19.5 Å². The molecule has 28 heavy (non-hydrogen) atoms. The average Bonchev–Trinajstić information content (AvgIpc) is 2.70. The Hall–Kier alpha value is -3.35. The first-order valence-electron chi connectivity index (χ1n) is 9.15. The van der Waals surface area contributed by atoms with Crippen molar-refractivity contribution in [2.45, 2.75) is 31.7 Å². The van der Waals surface area contributed by atoms with Gasteiger partial charge in [-0.25, -0.2) is 4.79 Å². The number of amides is 2. The van der Waals surface area contributed by atoms with Gasteiger partial charge in [-0.2, -0.15) is 0 Å². The predicted octanol–water partition coefficient (Wildman–Crippen LogP) is 2.67. The Bertz CT molecular complexity index is 866. The summed E-state index contributed by atoms with van der Waals surface area (Å²) in [6, 6.07) is 13.0. The number of carbonyl (C=O) groups excluding carboxylic acids is 2. The minimum absolute atomic E-state index is 0.0161. The summed E-state index contributed by atoms with van der Waals surface area (Å²) in [6.07, 6.45) is 1.76. The molecule has 0 radical (unpaired) electrons. The van der Waals surface area contributed by atoms with Crippen molar-refractivity contribution in [1.29, 1.82) is 0 Å². The number of benzene rings is 2. The number of fused-ring (bicyclic) bond motifs is 1. The average molecular weight is 382 g/mol. The van der Waals surface area contributed by atoms with E-state index in [1.807, 2.05) is 12.1 Å². The van der Waals surface area contributed by atoms with Crippen molar-refractivity contribution in [2.24, 2.45) is 0 Å². The van der Waals surface area contributed by atoms with Gasteiger partial charge in [0.15, 0.2) is 6.04 Å². The van der Waals surface area contributed by atoms with E-state index in [-0.39, 0.29) is 18.2 Å². The summed E-state index contributed by atoms with van der Waals surface area (Å²) in [6.45, 7) is 0.335. The number of hydrogen-bond donors (Lipinski definition) is 3. The standard InChI is InChI=1S/C21H22N2O5/c24-18(23-20(21(26)27)14-5-2-1-3-6-14)7-4-12-28-16-9-10-17-15(13-16)8-11-19(25)22-17/h1-3,5-6,9-10,13,20H,4,7-8,11-12H2,(H,22,25)(H,23,24)(H,26,27)/t20-/m1/s1. The summed E-state index contributed by atoms with van der Waals surface area (Å²) >= 11 is 0. The van der Waals surface area contributed by atoms with Gasteiger partial charge >= 0.3 is 5.97 Å². The second-order valence-electron chi connectivity index (χ2n) is 6.57. The van der Waals surface area contributed by atoms with Crippen LogP contribution in [-0.2, 0) is 20.8 Å². The fourth-order valence-electron chi connectivity index (χ4n) is 3.04. The fourth-order valence-corrected chi connectivity index (χ4v) is 3.04. The van der Waals surface area contributed by atoms with E-state index in [0.29, 0.717) is 37.2 Å². The van der Waals surface area contributed by atoms with Gasteiger partial charge in [0.1, 0.15) is 5.75 Å². The van der Waals surface area contributed by atoms with Gasteiger partial charge in [-0.1, -0.05) is 30.3 Å². The van der Waals surface area contributed by atoms with Crippen molar-refractivity contribution in [1.82, 2.24) is 5.32 Å². The number of carbonyl (C=O) groups is 3. The largest absolute Gasteiger partial charge is 0.494 e. The molecule has 0 aromatic heterocycles. The highest BCUT2D eigenvalue weighted by atomic mass is 16.5. The molecule has 0 bridgehead atoms. The monoisotopic (exact) mass is 382 g/mol. The quantitative estimate of drug-likeness (QED) is 0.609. The van der Waals surface area contributed by atoms with Gasteiger partial charge in [0, 0.05) is 18.5 Å². The highest BCUT2D eigenvalue weighted by Crippen LogP contribution is 2.26. The summed E-state index contributed by atoms with van der Waals surface area (Å²) < 4.78 is 5.68. The molecule has 3 N–H and O–H groups in total. The molecular weight excluding hydrogens is 360 g/mol. The van der Waals surface area contributed by atoms with E-state index in [1.165, 1.54) is 0 Å². The maximum Gasteiger partial charge on any atom is 0.330 e. The van der Waals surface area contributed by atoms with Crippen molar-refractivity contribution >= 4 is 23.5 Å². The maximum absolute atomic E-state index is 12.1. The van der Waals surface area contributed by atoms with Crippen molar-refractivity contribution in [3.8, 4) is 5.75 Å². The third-order valence-corrected chi connectivity index (χ3v) is 4.47. The lowest BCUT2D eigenvalue weighted by atomic mass is 10.0. The number of ether oxygens (including phenoxy) is 1. The Balaban J connectivity index is 1.45. The molecule has 7 nitrogen and oxygen atoms in total. The van der Waals surface area contributed by atoms with E-state index < -0.39 is 12.0 Å². The lowest BCUT2D eigenvalue weighted by Crippen LogP contribution is -2.33. The minimum atomic E-state index is -1.10. The number of anilines is 1. The second-order valence-corrected chi connectivity index (χ2v) is 6.57. The SMILES string of the molecule is O=C1CCc2cc(OCCCC(=O)N[C@@H](C(=O)O)c3ccccc3)ccc2N1. The Kier molecular flexibility index (Phi) is 6.26. The van der Waals surface area contributed by atoms with Crippen LogP contribution in [0.2, 0.25) is 0 Å². The number of carboxylic acid groups (broad SMARTS) is 1. The van der Waals surface area contributed by atoms with Crippen LogP contribution >= 0.6 is 0 Å². The fraction of sp³-hybridized carbons (Fsp3) is 0.286. The normalized spacial score (nSPS) is 13.8. The molecule has 2 amide bonds. The highest BCUT2D eigenvalue weighted by Gasteiger charge is 2.21. The Morgan fingerprint density at radius 1 is 1.14 bits per heavy atom. The van der Waals surface area contributed by atoms with Gasteiger partial charge in [0.25, 0.3) is 0 Å². The predicted molar refractivity (Wildman–Crippen MR) is 103 cm³/mol.